The van der Waals surface area contributed by atoms with E-state index in [-0.39, 0.29) is 0 Å². The van der Waals surface area contributed by atoms with Gasteiger partial charge in [0.05, 0.1) is 0 Å². The van der Waals surface area contributed by atoms with Crippen LogP contribution < -0.4 is 0 Å². The Bertz CT molecular complexity index is 212. The molecule has 2 fully saturated rings. The molecule has 0 heterocycles. The van der Waals surface area contributed by atoms with Crippen LogP contribution in [0.2, 0.25) is 0 Å². The van der Waals surface area contributed by atoms with Gasteiger partial charge in [-0.15, -0.1) is 0 Å². The van der Waals surface area contributed by atoms with E-state index < -0.39 is 0 Å². The Hall–Kier alpha value is -0.260. The number of allylic oxidation sites excluding steroid dienone is 1. The van der Waals surface area contributed by atoms with Gasteiger partial charge in [-0.3, -0.25) is 0 Å². The van der Waals surface area contributed by atoms with E-state index in [2.05, 4.69) is 20.4 Å². The SMILES string of the molecule is C=C1C2CCCCC1C(C)(C)CC2. The molecule has 13 heavy (non-hydrogen) atoms. The molecule has 2 aliphatic carbocycles. The van der Waals surface area contributed by atoms with Crippen molar-refractivity contribution in [3.8, 4) is 0 Å². The maximum absolute atomic E-state index is 4.35. The minimum absolute atomic E-state index is 0.540. The zero-order chi connectivity index (χ0) is 9.47. The van der Waals surface area contributed by atoms with Gasteiger partial charge < -0.3 is 0 Å². The van der Waals surface area contributed by atoms with Crippen LogP contribution in [0.3, 0.4) is 0 Å². The molecule has 2 rings (SSSR count). The summed E-state index contributed by atoms with van der Waals surface area (Å²) in [6.07, 6.45) is 8.53. The first-order valence-electron chi connectivity index (χ1n) is 5.80. The summed E-state index contributed by atoms with van der Waals surface area (Å²) < 4.78 is 0. The smallest absolute Gasteiger partial charge is 0.0152 e. The zero-order valence-electron chi connectivity index (χ0n) is 9.10. The fraction of sp³-hybridized carbons (Fsp3) is 0.846. The van der Waals surface area contributed by atoms with Crippen molar-refractivity contribution < 1.29 is 0 Å². The maximum Gasteiger partial charge on any atom is -0.0152 e. The van der Waals surface area contributed by atoms with Crippen LogP contribution in [0, 0.1) is 17.3 Å². The predicted octanol–water partition coefficient (Wildman–Crippen LogP) is 4.17. The lowest BCUT2D eigenvalue weighted by Gasteiger charge is -2.42. The summed E-state index contributed by atoms with van der Waals surface area (Å²) in [5, 5.41) is 0. The zero-order valence-corrected chi connectivity index (χ0v) is 9.10. The number of hydrogen-bond acceptors (Lipinski definition) is 0. The molecule has 0 N–H and O–H groups in total. The number of rotatable bonds is 0. The highest BCUT2D eigenvalue weighted by atomic mass is 14.4. The van der Waals surface area contributed by atoms with Gasteiger partial charge in [0.1, 0.15) is 0 Å². The van der Waals surface area contributed by atoms with Gasteiger partial charge in [-0.1, -0.05) is 38.8 Å². The highest BCUT2D eigenvalue weighted by Crippen LogP contribution is 2.50. The third-order valence-electron chi connectivity index (χ3n) is 4.35. The Labute approximate surface area is 82.4 Å². The lowest BCUT2D eigenvalue weighted by atomic mass is 9.62. The second-order valence-electron chi connectivity index (χ2n) is 5.64. The summed E-state index contributed by atoms with van der Waals surface area (Å²) in [4.78, 5) is 0. The Morgan fingerprint density at radius 2 is 1.85 bits per heavy atom. The van der Waals surface area contributed by atoms with Gasteiger partial charge >= 0.3 is 0 Å². The summed E-state index contributed by atoms with van der Waals surface area (Å²) >= 11 is 0. The van der Waals surface area contributed by atoms with Crippen LogP contribution in [0.1, 0.15) is 52.4 Å². The van der Waals surface area contributed by atoms with Crippen molar-refractivity contribution in [1.82, 2.24) is 0 Å². The molecule has 0 nitrogen and oxygen atoms in total. The van der Waals surface area contributed by atoms with E-state index in [9.17, 15) is 0 Å². The molecule has 2 unspecified atom stereocenters. The van der Waals surface area contributed by atoms with Crippen LogP contribution in [0.4, 0.5) is 0 Å². The first kappa shape index (κ1) is 9.30. The minimum Gasteiger partial charge on any atom is -0.0993 e. The summed E-state index contributed by atoms with van der Waals surface area (Å²) in [6.45, 7) is 9.22. The van der Waals surface area contributed by atoms with Crippen LogP contribution in [-0.4, -0.2) is 0 Å². The lowest BCUT2D eigenvalue weighted by Crippen LogP contribution is -2.32. The summed E-state index contributed by atoms with van der Waals surface area (Å²) in [5.41, 5.74) is 2.13. The average molecular weight is 178 g/mol. The van der Waals surface area contributed by atoms with Crippen molar-refractivity contribution in [2.75, 3.05) is 0 Å². The molecule has 0 radical (unpaired) electrons. The summed E-state index contributed by atoms with van der Waals surface area (Å²) in [5.74, 6) is 1.70. The number of hydrogen-bond donors (Lipinski definition) is 0. The molecule has 2 atom stereocenters. The molecule has 2 bridgehead atoms. The van der Waals surface area contributed by atoms with E-state index >= 15 is 0 Å². The van der Waals surface area contributed by atoms with Gasteiger partial charge in [-0.05, 0) is 42.9 Å². The van der Waals surface area contributed by atoms with Gasteiger partial charge in [-0.25, -0.2) is 0 Å². The largest absolute Gasteiger partial charge is 0.0993 e. The Morgan fingerprint density at radius 1 is 1.15 bits per heavy atom. The van der Waals surface area contributed by atoms with Gasteiger partial charge in [0.15, 0.2) is 0 Å². The first-order valence-corrected chi connectivity index (χ1v) is 5.80. The van der Waals surface area contributed by atoms with Gasteiger partial charge in [0.2, 0.25) is 0 Å². The molecule has 74 valence electrons. The second kappa shape index (κ2) is 3.15. The number of fused-ring (bicyclic) bond motifs is 2. The van der Waals surface area contributed by atoms with E-state index in [0.717, 1.165) is 11.8 Å². The lowest BCUT2D eigenvalue weighted by molar-refractivity contribution is 0.161. The highest BCUT2D eigenvalue weighted by Gasteiger charge is 2.39. The van der Waals surface area contributed by atoms with Crippen LogP contribution >= 0.6 is 0 Å². The van der Waals surface area contributed by atoms with Crippen molar-refractivity contribution in [1.29, 1.82) is 0 Å². The van der Waals surface area contributed by atoms with Gasteiger partial charge in [0.25, 0.3) is 0 Å². The molecular formula is C13H22. The second-order valence-corrected chi connectivity index (χ2v) is 5.64. The van der Waals surface area contributed by atoms with E-state index in [0.29, 0.717) is 5.41 Å². The standard InChI is InChI=1S/C13H22/c1-10-11-6-4-5-7-12(10)13(2,3)9-8-11/h11-12H,1,4-9H2,2-3H3. The Kier molecular flexibility index (Phi) is 2.25. The minimum atomic E-state index is 0.540. The molecule has 0 aromatic carbocycles. The normalized spacial score (nSPS) is 38.5. The molecular weight excluding hydrogens is 156 g/mol. The third-order valence-corrected chi connectivity index (χ3v) is 4.35. The maximum atomic E-state index is 4.35. The molecule has 0 aliphatic heterocycles. The molecule has 0 saturated heterocycles. The van der Waals surface area contributed by atoms with Crippen LogP contribution in [0.15, 0.2) is 12.2 Å². The van der Waals surface area contributed by atoms with E-state index in [4.69, 9.17) is 0 Å². The van der Waals surface area contributed by atoms with E-state index in [1.54, 1.807) is 5.57 Å². The van der Waals surface area contributed by atoms with Crippen LogP contribution in [0.25, 0.3) is 0 Å². The molecule has 0 spiro atoms. The van der Waals surface area contributed by atoms with Crippen LogP contribution in [0.5, 0.6) is 0 Å². The molecule has 0 amide bonds. The van der Waals surface area contributed by atoms with Crippen molar-refractivity contribution in [3.05, 3.63) is 12.2 Å². The molecule has 0 aromatic heterocycles. The molecule has 2 aliphatic rings. The fourth-order valence-electron chi connectivity index (χ4n) is 3.34. The summed E-state index contributed by atoms with van der Waals surface area (Å²) in [7, 11) is 0. The monoisotopic (exact) mass is 178 g/mol. The molecule has 0 heteroatoms. The fourth-order valence-corrected chi connectivity index (χ4v) is 3.34. The van der Waals surface area contributed by atoms with E-state index in [1.165, 1.54) is 38.5 Å². The summed E-state index contributed by atoms with van der Waals surface area (Å²) in [6, 6.07) is 0. The van der Waals surface area contributed by atoms with Gasteiger partial charge in [-0.2, -0.15) is 0 Å². The first-order chi connectivity index (χ1) is 6.11. The van der Waals surface area contributed by atoms with Crippen molar-refractivity contribution >= 4 is 0 Å². The molecule has 0 aromatic rings. The quantitative estimate of drug-likeness (QED) is 0.488. The predicted molar refractivity (Wildman–Crippen MR) is 57.6 cm³/mol. The highest BCUT2D eigenvalue weighted by molar-refractivity contribution is 5.14. The van der Waals surface area contributed by atoms with Crippen molar-refractivity contribution in [2.45, 2.75) is 52.4 Å². The van der Waals surface area contributed by atoms with Gasteiger partial charge in [0, 0.05) is 0 Å². The van der Waals surface area contributed by atoms with Crippen molar-refractivity contribution in [3.63, 3.8) is 0 Å². The topological polar surface area (TPSA) is 0 Å². The molecule has 2 saturated carbocycles. The van der Waals surface area contributed by atoms with E-state index in [1.807, 2.05) is 0 Å². The van der Waals surface area contributed by atoms with Crippen LogP contribution in [-0.2, 0) is 0 Å². The third kappa shape index (κ3) is 1.56. The Balaban J connectivity index is 2.24. The Morgan fingerprint density at radius 3 is 2.62 bits per heavy atom. The van der Waals surface area contributed by atoms with Crippen molar-refractivity contribution in [2.24, 2.45) is 17.3 Å². The average Bonchev–Trinajstić information content (AvgIpc) is 2.19.